The predicted molar refractivity (Wildman–Crippen MR) is 64.2 cm³/mol. The van der Waals surface area contributed by atoms with Crippen LogP contribution in [0.25, 0.3) is 0 Å². The first-order valence-corrected chi connectivity index (χ1v) is 5.92. The second-order valence-corrected chi connectivity index (χ2v) is 4.31. The Bertz CT molecular complexity index is 372. The smallest absolute Gasteiger partial charge is 0.141 e. The molecule has 0 aliphatic heterocycles. The minimum atomic E-state index is -0.444. The second kappa shape index (κ2) is 6.00. The van der Waals surface area contributed by atoms with Crippen molar-refractivity contribution in [1.29, 1.82) is 0 Å². The first-order chi connectivity index (χ1) is 7.58. The summed E-state index contributed by atoms with van der Waals surface area (Å²) in [6.07, 6.45) is 2.04. The molecular formula is C13H16ClFO. The number of hydrogen-bond donors (Lipinski definition) is 0. The van der Waals surface area contributed by atoms with Crippen LogP contribution in [0.5, 0.6) is 0 Å². The molecule has 0 saturated heterocycles. The molecule has 0 radical (unpaired) electrons. The zero-order chi connectivity index (χ0) is 12.1. The SMILES string of the molecule is CCC(CC)C(=O)Cc1ccc(F)c(Cl)c1. The van der Waals surface area contributed by atoms with E-state index < -0.39 is 5.82 Å². The highest BCUT2D eigenvalue weighted by atomic mass is 35.5. The summed E-state index contributed by atoms with van der Waals surface area (Å²) < 4.78 is 12.9. The summed E-state index contributed by atoms with van der Waals surface area (Å²) in [4.78, 5) is 11.8. The van der Waals surface area contributed by atoms with Crippen LogP contribution in [0.2, 0.25) is 5.02 Å². The first kappa shape index (κ1) is 13.2. The first-order valence-electron chi connectivity index (χ1n) is 5.55. The van der Waals surface area contributed by atoms with Crippen LogP contribution in [0, 0.1) is 11.7 Å². The van der Waals surface area contributed by atoms with Crippen LogP contribution in [-0.4, -0.2) is 5.78 Å². The molecule has 0 amide bonds. The van der Waals surface area contributed by atoms with Crippen molar-refractivity contribution in [3.05, 3.63) is 34.6 Å². The maximum Gasteiger partial charge on any atom is 0.141 e. The largest absolute Gasteiger partial charge is 0.299 e. The molecule has 0 spiro atoms. The molecule has 0 saturated carbocycles. The fourth-order valence-corrected chi connectivity index (χ4v) is 1.94. The van der Waals surface area contributed by atoms with Gasteiger partial charge >= 0.3 is 0 Å². The van der Waals surface area contributed by atoms with Gasteiger partial charge in [-0.25, -0.2) is 4.39 Å². The van der Waals surface area contributed by atoms with Crippen LogP contribution in [0.15, 0.2) is 18.2 Å². The van der Waals surface area contributed by atoms with E-state index in [1.54, 1.807) is 6.07 Å². The van der Waals surface area contributed by atoms with Gasteiger partial charge in [0, 0.05) is 12.3 Å². The van der Waals surface area contributed by atoms with Gasteiger partial charge < -0.3 is 0 Å². The Balaban J connectivity index is 2.73. The summed E-state index contributed by atoms with van der Waals surface area (Å²) in [7, 11) is 0. The van der Waals surface area contributed by atoms with Gasteiger partial charge in [-0.15, -0.1) is 0 Å². The number of rotatable bonds is 5. The van der Waals surface area contributed by atoms with E-state index in [4.69, 9.17) is 11.6 Å². The van der Waals surface area contributed by atoms with Gasteiger partial charge in [-0.05, 0) is 30.5 Å². The van der Waals surface area contributed by atoms with E-state index in [0.717, 1.165) is 18.4 Å². The Labute approximate surface area is 101 Å². The van der Waals surface area contributed by atoms with Crippen molar-refractivity contribution in [2.24, 2.45) is 5.92 Å². The Morgan fingerprint density at radius 3 is 2.50 bits per heavy atom. The number of Topliss-reactive ketones (excluding diaryl/α,β-unsaturated/α-hetero) is 1. The molecule has 0 aliphatic carbocycles. The lowest BCUT2D eigenvalue weighted by Crippen LogP contribution is -2.15. The minimum absolute atomic E-state index is 0.0786. The molecular weight excluding hydrogens is 227 g/mol. The van der Waals surface area contributed by atoms with Crippen molar-refractivity contribution in [3.63, 3.8) is 0 Å². The van der Waals surface area contributed by atoms with E-state index in [-0.39, 0.29) is 16.7 Å². The Hall–Kier alpha value is -0.890. The van der Waals surface area contributed by atoms with E-state index >= 15 is 0 Å². The quantitative estimate of drug-likeness (QED) is 0.762. The van der Waals surface area contributed by atoms with Gasteiger partial charge in [0.2, 0.25) is 0 Å². The molecule has 0 unspecified atom stereocenters. The van der Waals surface area contributed by atoms with Gasteiger partial charge in [0.15, 0.2) is 0 Å². The lowest BCUT2D eigenvalue weighted by atomic mass is 9.93. The van der Waals surface area contributed by atoms with E-state index in [2.05, 4.69) is 0 Å². The molecule has 0 heterocycles. The summed E-state index contributed by atoms with van der Waals surface area (Å²) >= 11 is 5.66. The monoisotopic (exact) mass is 242 g/mol. The average molecular weight is 243 g/mol. The predicted octanol–water partition coefficient (Wildman–Crippen LogP) is 4.03. The lowest BCUT2D eigenvalue weighted by molar-refractivity contribution is -0.122. The molecule has 1 rings (SSSR count). The number of carbonyl (C=O) groups is 1. The van der Waals surface area contributed by atoms with Gasteiger partial charge in [-0.3, -0.25) is 4.79 Å². The molecule has 1 aromatic rings. The number of hydrogen-bond acceptors (Lipinski definition) is 1. The molecule has 0 bridgehead atoms. The van der Waals surface area contributed by atoms with Crippen molar-refractivity contribution in [3.8, 4) is 0 Å². The minimum Gasteiger partial charge on any atom is -0.299 e. The van der Waals surface area contributed by atoms with Crippen molar-refractivity contribution < 1.29 is 9.18 Å². The van der Waals surface area contributed by atoms with Crippen LogP contribution in [0.1, 0.15) is 32.3 Å². The second-order valence-electron chi connectivity index (χ2n) is 3.90. The molecule has 16 heavy (non-hydrogen) atoms. The third-order valence-corrected chi connectivity index (χ3v) is 3.09. The standard InChI is InChI=1S/C13H16ClFO/c1-3-10(4-2)13(16)8-9-5-6-12(15)11(14)7-9/h5-7,10H,3-4,8H2,1-2H3. The maximum atomic E-state index is 12.9. The lowest BCUT2D eigenvalue weighted by Gasteiger charge is -2.10. The summed E-state index contributed by atoms with van der Waals surface area (Å²) in [5.74, 6) is -0.142. The molecule has 88 valence electrons. The van der Waals surface area contributed by atoms with Crippen molar-refractivity contribution in [2.45, 2.75) is 33.1 Å². The molecule has 3 heteroatoms. The van der Waals surface area contributed by atoms with Crippen molar-refractivity contribution in [2.75, 3.05) is 0 Å². The van der Waals surface area contributed by atoms with Gasteiger partial charge in [0.1, 0.15) is 11.6 Å². The number of carbonyl (C=O) groups excluding carboxylic acids is 1. The van der Waals surface area contributed by atoms with Gasteiger partial charge in [-0.2, -0.15) is 0 Å². The molecule has 1 nitrogen and oxygen atoms in total. The highest BCUT2D eigenvalue weighted by Gasteiger charge is 2.14. The fourth-order valence-electron chi connectivity index (χ4n) is 1.74. The third kappa shape index (κ3) is 3.31. The summed E-state index contributed by atoms with van der Waals surface area (Å²) in [6.45, 7) is 4.01. The van der Waals surface area contributed by atoms with Crippen LogP contribution in [-0.2, 0) is 11.2 Å². The van der Waals surface area contributed by atoms with Crippen LogP contribution in [0.3, 0.4) is 0 Å². The Morgan fingerprint density at radius 2 is 2.00 bits per heavy atom. The average Bonchev–Trinajstić information content (AvgIpc) is 2.25. The third-order valence-electron chi connectivity index (χ3n) is 2.80. The Morgan fingerprint density at radius 1 is 1.38 bits per heavy atom. The highest BCUT2D eigenvalue weighted by molar-refractivity contribution is 6.30. The van der Waals surface area contributed by atoms with E-state index in [1.165, 1.54) is 12.1 Å². The van der Waals surface area contributed by atoms with E-state index in [0.29, 0.717) is 6.42 Å². The molecule has 0 aromatic heterocycles. The number of ketones is 1. The Kier molecular flexibility index (Phi) is 4.94. The molecule has 1 aromatic carbocycles. The van der Waals surface area contributed by atoms with Crippen LogP contribution in [0.4, 0.5) is 4.39 Å². The summed E-state index contributed by atoms with van der Waals surface area (Å²) in [5, 5.41) is 0.0786. The normalized spacial score (nSPS) is 10.8. The molecule has 0 aliphatic rings. The number of halogens is 2. The highest BCUT2D eigenvalue weighted by Crippen LogP contribution is 2.18. The van der Waals surface area contributed by atoms with Gasteiger partial charge in [0.05, 0.1) is 5.02 Å². The molecule has 0 fully saturated rings. The van der Waals surface area contributed by atoms with Crippen molar-refractivity contribution >= 4 is 17.4 Å². The zero-order valence-electron chi connectivity index (χ0n) is 9.59. The zero-order valence-corrected chi connectivity index (χ0v) is 10.4. The van der Waals surface area contributed by atoms with Gasteiger partial charge in [-0.1, -0.05) is 31.5 Å². The summed E-state index contributed by atoms with van der Waals surface area (Å²) in [5.41, 5.74) is 0.781. The number of benzene rings is 1. The maximum absolute atomic E-state index is 12.9. The topological polar surface area (TPSA) is 17.1 Å². The van der Waals surface area contributed by atoms with Crippen molar-refractivity contribution in [1.82, 2.24) is 0 Å². The molecule has 0 N–H and O–H groups in total. The van der Waals surface area contributed by atoms with Crippen LogP contribution >= 0.6 is 11.6 Å². The van der Waals surface area contributed by atoms with E-state index in [1.807, 2.05) is 13.8 Å². The van der Waals surface area contributed by atoms with E-state index in [9.17, 15) is 9.18 Å². The fraction of sp³-hybridized carbons (Fsp3) is 0.462. The van der Waals surface area contributed by atoms with Gasteiger partial charge in [0.25, 0.3) is 0 Å². The molecule has 0 atom stereocenters. The van der Waals surface area contributed by atoms with Crippen LogP contribution < -0.4 is 0 Å². The summed E-state index contributed by atoms with van der Waals surface area (Å²) in [6, 6.07) is 4.44.